The predicted octanol–water partition coefficient (Wildman–Crippen LogP) is 3.41. The van der Waals surface area contributed by atoms with E-state index in [0.29, 0.717) is 28.3 Å². The molecule has 0 atom stereocenters. The SMILES string of the molecule is CC(C)Cn1nc(N)nc1Cc1ccc(Cl)cc1Cl. The van der Waals surface area contributed by atoms with Crippen molar-refractivity contribution in [2.24, 2.45) is 5.92 Å². The second kappa shape index (κ2) is 5.80. The second-order valence-electron chi connectivity index (χ2n) is 4.87. The number of hydrogen-bond donors (Lipinski definition) is 1. The summed E-state index contributed by atoms with van der Waals surface area (Å²) in [6.45, 7) is 5.03. The van der Waals surface area contributed by atoms with Crippen molar-refractivity contribution >= 4 is 29.2 Å². The zero-order chi connectivity index (χ0) is 14.0. The molecular formula is C13H16Cl2N4. The Morgan fingerprint density at radius 2 is 2.05 bits per heavy atom. The van der Waals surface area contributed by atoms with Gasteiger partial charge in [0.1, 0.15) is 5.82 Å². The normalized spacial score (nSPS) is 11.2. The van der Waals surface area contributed by atoms with E-state index in [0.717, 1.165) is 17.9 Å². The molecule has 0 aliphatic heterocycles. The topological polar surface area (TPSA) is 56.7 Å². The fraction of sp³-hybridized carbons (Fsp3) is 0.385. The van der Waals surface area contributed by atoms with E-state index in [2.05, 4.69) is 23.9 Å². The molecule has 1 heterocycles. The number of nitrogen functional groups attached to an aromatic ring is 1. The first-order valence-electron chi connectivity index (χ1n) is 6.09. The number of rotatable bonds is 4. The lowest BCUT2D eigenvalue weighted by Gasteiger charge is -2.09. The van der Waals surface area contributed by atoms with Crippen molar-refractivity contribution in [3.05, 3.63) is 39.6 Å². The highest BCUT2D eigenvalue weighted by atomic mass is 35.5. The minimum atomic E-state index is 0.292. The fourth-order valence-corrected chi connectivity index (χ4v) is 2.33. The number of halogens is 2. The fourth-order valence-electron chi connectivity index (χ4n) is 1.85. The summed E-state index contributed by atoms with van der Waals surface area (Å²) in [5.74, 6) is 1.58. The summed E-state index contributed by atoms with van der Waals surface area (Å²) in [4.78, 5) is 4.26. The molecule has 0 unspecified atom stereocenters. The summed E-state index contributed by atoms with van der Waals surface area (Å²) >= 11 is 12.1. The summed E-state index contributed by atoms with van der Waals surface area (Å²) in [6, 6.07) is 5.44. The first-order valence-corrected chi connectivity index (χ1v) is 6.84. The van der Waals surface area contributed by atoms with Gasteiger partial charge in [0.05, 0.1) is 0 Å². The Balaban J connectivity index is 2.27. The van der Waals surface area contributed by atoms with Crippen LogP contribution >= 0.6 is 23.2 Å². The molecular weight excluding hydrogens is 283 g/mol. The molecule has 2 rings (SSSR count). The molecule has 0 saturated carbocycles. The number of hydrogen-bond acceptors (Lipinski definition) is 3. The average Bonchev–Trinajstić information content (AvgIpc) is 2.62. The summed E-state index contributed by atoms with van der Waals surface area (Å²) < 4.78 is 1.84. The number of aromatic nitrogens is 3. The number of nitrogens with zero attached hydrogens (tertiary/aromatic N) is 3. The Labute approximate surface area is 122 Å². The maximum Gasteiger partial charge on any atom is 0.239 e. The smallest absolute Gasteiger partial charge is 0.239 e. The van der Waals surface area contributed by atoms with Gasteiger partial charge in [-0.1, -0.05) is 43.1 Å². The maximum atomic E-state index is 6.17. The van der Waals surface area contributed by atoms with E-state index in [1.54, 1.807) is 6.07 Å². The molecule has 19 heavy (non-hydrogen) atoms. The van der Waals surface area contributed by atoms with Crippen LogP contribution < -0.4 is 5.73 Å². The summed E-state index contributed by atoms with van der Waals surface area (Å²) in [5.41, 5.74) is 6.64. The van der Waals surface area contributed by atoms with Crippen LogP contribution in [-0.2, 0) is 13.0 Å². The Bertz CT molecular complexity index is 578. The van der Waals surface area contributed by atoms with Gasteiger partial charge in [-0.05, 0) is 23.6 Å². The van der Waals surface area contributed by atoms with Crippen molar-refractivity contribution in [3.63, 3.8) is 0 Å². The van der Waals surface area contributed by atoms with E-state index < -0.39 is 0 Å². The molecule has 0 spiro atoms. The summed E-state index contributed by atoms with van der Waals surface area (Å²) in [6.07, 6.45) is 0.590. The van der Waals surface area contributed by atoms with Gasteiger partial charge in [-0.15, -0.1) is 5.10 Å². The molecule has 0 amide bonds. The lowest BCUT2D eigenvalue weighted by atomic mass is 10.1. The molecule has 1 aromatic heterocycles. The lowest BCUT2D eigenvalue weighted by molar-refractivity contribution is 0.470. The van der Waals surface area contributed by atoms with Gasteiger partial charge in [-0.2, -0.15) is 4.98 Å². The quantitative estimate of drug-likeness (QED) is 0.941. The van der Waals surface area contributed by atoms with Crippen LogP contribution in [0, 0.1) is 5.92 Å². The molecule has 4 nitrogen and oxygen atoms in total. The van der Waals surface area contributed by atoms with Gasteiger partial charge in [-0.3, -0.25) is 0 Å². The zero-order valence-electron chi connectivity index (χ0n) is 10.9. The minimum Gasteiger partial charge on any atom is -0.366 e. The van der Waals surface area contributed by atoms with Crippen LogP contribution in [0.4, 0.5) is 5.95 Å². The van der Waals surface area contributed by atoms with Crippen molar-refractivity contribution in [1.82, 2.24) is 14.8 Å². The monoisotopic (exact) mass is 298 g/mol. The standard InChI is InChI=1S/C13H16Cl2N4/c1-8(2)7-19-12(17-13(16)18-19)5-9-3-4-10(14)6-11(9)15/h3-4,6,8H,5,7H2,1-2H3,(H2,16,18). The molecule has 1 aromatic carbocycles. The van der Waals surface area contributed by atoms with Gasteiger partial charge in [0.2, 0.25) is 5.95 Å². The van der Waals surface area contributed by atoms with E-state index in [1.165, 1.54) is 0 Å². The molecule has 0 fully saturated rings. The van der Waals surface area contributed by atoms with Gasteiger partial charge in [0, 0.05) is 23.0 Å². The molecule has 0 saturated heterocycles. The van der Waals surface area contributed by atoms with E-state index in [1.807, 2.05) is 16.8 Å². The van der Waals surface area contributed by atoms with Crippen LogP contribution in [-0.4, -0.2) is 14.8 Å². The van der Waals surface area contributed by atoms with Crippen LogP contribution in [0.15, 0.2) is 18.2 Å². The highest BCUT2D eigenvalue weighted by Gasteiger charge is 2.12. The molecule has 2 aromatic rings. The van der Waals surface area contributed by atoms with Crippen LogP contribution in [0.3, 0.4) is 0 Å². The van der Waals surface area contributed by atoms with Crippen LogP contribution in [0.5, 0.6) is 0 Å². The number of nitrogens with two attached hydrogens (primary N) is 1. The molecule has 0 aliphatic carbocycles. The van der Waals surface area contributed by atoms with Crippen LogP contribution in [0.2, 0.25) is 10.0 Å². The Morgan fingerprint density at radius 1 is 1.32 bits per heavy atom. The first-order chi connectivity index (χ1) is 8.95. The van der Waals surface area contributed by atoms with Gasteiger partial charge >= 0.3 is 0 Å². The molecule has 0 aliphatic rings. The third-order valence-electron chi connectivity index (χ3n) is 2.67. The number of anilines is 1. The third kappa shape index (κ3) is 3.61. The highest BCUT2D eigenvalue weighted by Crippen LogP contribution is 2.23. The van der Waals surface area contributed by atoms with Gasteiger partial charge in [0.25, 0.3) is 0 Å². The van der Waals surface area contributed by atoms with E-state index in [-0.39, 0.29) is 0 Å². The Morgan fingerprint density at radius 3 is 2.68 bits per heavy atom. The molecule has 2 N–H and O–H groups in total. The van der Waals surface area contributed by atoms with E-state index in [4.69, 9.17) is 28.9 Å². The number of benzene rings is 1. The van der Waals surface area contributed by atoms with Gasteiger partial charge < -0.3 is 5.73 Å². The second-order valence-corrected chi connectivity index (χ2v) is 5.72. The van der Waals surface area contributed by atoms with Crippen molar-refractivity contribution < 1.29 is 0 Å². The zero-order valence-corrected chi connectivity index (χ0v) is 12.4. The van der Waals surface area contributed by atoms with Crippen molar-refractivity contribution in [2.45, 2.75) is 26.8 Å². The molecule has 6 heteroatoms. The van der Waals surface area contributed by atoms with Gasteiger partial charge in [0.15, 0.2) is 0 Å². The first kappa shape index (κ1) is 14.2. The summed E-state index contributed by atoms with van der Waals surface area (Å²) in [5, 5.41) is 5.46. The Hall–Kier alpha value is -1.26. The van der Waals surface area contributed by atoms with Crippen LogP contribution in [0.25, 0.3) is 0 Å². The van der Waals surface area contributed by atoms with Crippen molar-refractivity contribution in [3.8, 4) is 0 Å². The molecule has 0 bridgehead atoms. The lowest BCUT2D eigenvalue weighted by Crippen LogP contribution is -2.11. The highest BCUT2D eigenvalue weighted by molar-refractivity contribution is 6.35. The van der Waals surface area contributed by atoms with Crippen LogP contribution in [0.1, 0.15) is 25.2 Å². The van der Waals surface area contributed by atoms with Gasteiger partial charge in [-0.25, -0.2) is 4.68 Å². The van der Waals surface area contributed by atoms with Crippen molar-refractivity contribution in [1.29, 1.82) is 0 Å². The van der Waals surface area contributed by atoms with E-state index in [9.17, 15) is 0 Å². The Kier molecular flexibility index (Phi) is 4.32. The third-order valence-corrected chi connectivity index (χ3v) is 3.25. The van der Waals surface area contributed by atoms with Crippen molar-refractivity contribution in [2.75, 3.05) is 5.73 Å². The predicted molar refractivity (Wildman–Crippen MR) is 78.5 cm³/mol. The summed E-state index contributed by atoms with van der Waals surface area (Å²) in [7, 11) is 0. The maximum absolute atomic E-state index is 6.17. The average molecular weight is 299 g/mol. The molecule has 0 radical (unpaired) electrons. The minimum absolute atomic E-state index is 0.292. The van der Waals surface area contributed by atoms with E-state index >= 15 is 0 Å². The molecule has 102 valence electrons. The largest absolute Gasteiger partial charge is 0.366 e.